The highest BCUT2D eigenvalue weighted by Crippen LogP contribution is 2.22. The van der Waals surface area contributed by atoms with Crippen LogP contribution in [0.25, 0.3) is 0 Å². The molecule has 0 saturated heterocycles. The van der Waals surface area contributed by atoms with Crippen molar-refractivity contribution in [3.05, 3.63) is 72.7 Å². The van der Waals surface area contributed by atoms with Crippen LogP contribution in [0.2, 0.25) is 0 Å². The lowest BCUT2D eigenvalue weighted by molar-refractivity contribution is 0.498. The Morgan fingerprint density at radius 3 is 2.03 bits per heavy atom. The second-order valence-corrected chi connectivity index (χ2v) is 12.4. The Labute approximate surface area is 187 Å². The fraction of sp³-hybridized carbons (Fsp3) is 0.158. The molecule has 0 amide bonds. The van der Waals surface area contributed by atoms with Gasteiger partial charge in [-0.2, -0.15) is 0 Å². The molecule has 0 unspecified atom stereocenters. The van der Waals surface area contributed by atoms with E-state index in [4.69, 9.17) is 4.42 Å². The Morgan fingerprint density at radius 1 is 0.781 bits per heavy atom. The monoisotopic (exact) mass is 499 g/mol. The van der Waals surface area contributed by atoms with Crippen molar-refractivity contribution in [3.8, 4) is 0 Å². The molecule has 0 spiro atoms. The van der Waals surface area contributed by atoms with Gasteiger partial charge in [0.1, 0.15) is 5.76 Å². The minimum Gasteiger partial charge on any atom is -0.468 e. The number of anilines is 1. The van der Waals surface area contributed by atoms with E-state index in [0.29, 0.717) is 5.76 Å². The highest BCUT2D eigenvalue weighted by atomic mass is 32.2. The highest BCUT2D eigenvalue weighted by molar-refractivity contribution is 7.92. The van der Waals surface area contributed by atoms with Crippen LogP contribution in [-0.2, 0) is 36.6 Å². The van der Waals surface area contributed by atoms with Crippen molar-refractivity contribution in [3.63, 3.8) is 0 Å². The first kappa shape index (κ1) is 23.9. The second-order valence-electron chi connectivity index (χ2n) is 6.80. The van der Waals surface area contributed by atoms with Crippen LogP contribution in [0.1, 0.15) is 5.76 Å². The van der Waals surface area contributed by atoms with E-state index in [1.165, 1.54) is 56.8 Å². The van der Waals surface area contributed by atoms with Gasteiger partial charge in [-0.3, -0.25) is 4.72 Å². The lowest BCUT2D eigenvalue weighted by Crippen LogP contribution is -2.23. The number of nitrogens with zero attached hydrogens (tertiary/aromatic N) is 1. The Balaban J connectivity index is 1.79. The number of nitrogens with one attached hydrogen (secondary N) is 2. The Kier molecular flexibility index (Phi) is 6.76. The summed E-state index contributed by atoms with van der Waals surface area (Å²) in [5.74, 6) is 0.421. The van der Waals surface area contributed by atoms with Crippen LogP contribution in [0.3, 0.4) is 0 Å². The molecule has 0 atom stereocenters. The first-order valence-electron chi connectivity index (χ1n) is 9.09. The topological polar surface area (TPSA) is 143 Å². The van der Waals surface area contributed by atoms with Crippen molar-refractivity contribution in [1.29, 1.82) is 0 Å². The van der Waals surface area contributed by atoms with Gasteiger partial charge in [-0.05, 0) is 54.6 Å². The minimum atomic E-state index is -4.09. The molecule has 0 radical (unpaired) electrons. The summed E-state index contributed by atoms with van der Waals surface area (Å²) in [7, 11) is -8.99. The van der Waals surface area contributed by atoms with Crippen LogP contribution in [-0.4, -0.2) is 43.7 Å². The van der Waals surface area contributed by atoms with Gasteiger partial charge in [0.25, 0.3) is 10.0 Å². The van der Waals surface area contributed by atoms with E-state index in [-0.39, 0.29) is 26.9 Å². The fourth-order valence-electron chi connectivity index (χ4n) is 2.61. The predicted octanol–water partition coefficient (Wildman–Crippen LogP) is 1.81. The van der Waals surface area contributed by atoms with Crippen molar-refractivity contribution in [2.24, 2.45) is 0 Å². The third-order valence-electron chi connectivity index (χ3n) is 4.33. The van der Waals surface area contributed by atoms with Crippen molar-refractivity contribution in [2.45, 2.75) is 21.2 Å². The summed E-state index contributed by atoms with van der Waals surface area (Å²) in [6.07, 6.45) is 1.42. The number of furan rings is 1. The summed E-state index contributed by atoms with van der Waals surface area (Å²) < 4.78 is 85.4. The van der Waals surface area contributed by atoms with Crippen molar-refractivity contribution in [2.75, 3.05) is 18.8 Å². The van der Waals surface area contributed by atoms with Gasteiger partial charge in [0.05, 0.1) is 33.2 Å². The molecule has 2 N–H and O–H groups in total. The maximum atomic E-state index is 12.7. The van der Waals surface area contributed by atoms with Gasteiger partial charge in [0.15, 0.2) is 0 Å². The van der Waals surface area contributed by atoms with Gasteiger partial charge >= 0.3 is 0 Å². The molecule has 172 valence electrons. The zero-order chi connectivity index (χ0) is 23.6. The smallest absolute Gasteiger partial charge is 0.261 e. The molecule has 0 aliphatic rings. The molecule has 1 aromatic heterocycles. The van der Waals surface area contributed by atoms with Crippen molar-refractivity contribution < 1.29 is 29.7 Å². The highest BCUT2D eigenvalue weighted by Gasteiger charge is 2.21. The Hall–Kier alpha value is -2.71. The number of benzene rings is 2. The molecule has 32 heavy (non-hydrogen) atoms. The normalized spacial score (nSPS) is 12.7. The molecule has 13 heteroatoms. The largest absolute Gasteiger partial charge is 0.468 e. The zero-order valence-corrected chi connectivity index (χ0v) is 19.5. The van der Waals surface area contributed by atoms with Gasteiger partial charge in [-0.15, -0.1) is 0 Å². The van der Waals surface area contributed by atoms with E-state index in [9.17, 15) is 25.3 Å². The van der Waals surface area contributed by atoms with Crippen LogP contribution in [0.4, 0.5) is 5.69 Å². The van der Waals surface area contributed by atoms with E-state index < -0.39 is 30.1 Å². The van der Waals surface area contributed by atoms with E-state index in [1.54, 1.807) is 12.1 Å². The standard InChI is InChI=1S/C19H21N3O7S3/c1-22(2)32(27,28)18-10-8-17(9-11-18)31(25,26)21-15-5-3-7-19(13-15)30(23,24)20-14-16-6-4-12-29-16/h3-13,20-21H,14H2,1-2H3. The second kappa shape index (κ2) is 9.03. The molecule has 0 bridgehead atoms. The summed E-state index contributed by atoms with van der Waals surface area (Å²) in [6, 6.07) is 13.2. The Bertz CT molecular complexity index is 1400. The van der Waals surface area contributed by atoms with Gasteiger partial charge < -0.3 is 4.42 Å². The predicted molar refractivity (Wildman–Crippen MR) is 117 cm³/mol. The molecule has 0 aliphatic heterocycles. The molecule has 3 rings (SSSR count). The van der Waals surface area contributed by atoms with Gasteiger partial charge in [-0.25, -0.2) is 34.3 Å². The van der Waals surface area contributed by atoms with E-state index in [0.717, 1.165) is 16.4 Å². The maximum absolute atomic E-state index is 12.7. The SMILES string of the molecule is CN(C)S(=O)(=O)c1ccc(S(=O)(=O)Nc2cccc(S(=O)(=O)NCc3ccco3)c2)cc1. The third-order valence-corrected chi connectivity index (χ3v) is 8.95. The molecule has 10 nitrogen and oxygen atoms in total. The molecule has 0 saturated carbocycles. The van der Waals surface area contributed by atoms with E-state index in [2.05, 4.69) is 9.44 Å². The van der Waals surface area contributed by atoms with Crippen LogP contribution in [0, 0.1) is 0 Å². The summed E-state index contributed by atoms with van der Waals surface area (Å²) in [6.45, 7) is -0.0620. The van der Waals surface area contributed by atoms with Gasteiger partial charge in [-0.1, -0.05) is 6.07 Å². The first-order chi connectivity index (χ1) is 14.9. The molecule has 1 heterocycles. The summed E-state index contributed by atoms with van der Waals surface area (Å²) >= 11 is 0. The van der Waals surface area contributed by atoms with Gasteiger partial charge in [0.2, 0.25) is 20.0 Å². The Morgan fingerprint density at radius 2 is 1.44 bits per heavy atom. The number of sulfonamides is 3. The van der Waals surface area contributed by atoms with Crippen molar-refractivity contribution in [1.82, 2.24) is 9.03 Å². The summed E-state index contributed by atoms with van der Waals surface area (Å²) in [4.78, 5) is -0.381. The number of hydrogen-bond donors (Lipinski definition) is 2. The molecule has 0 fully saturated rings. The van der Waals surface area contributed by atoms with Crippen LogP contribution in [0.5, 0.6) is 0 Å². The first-order valence-corrected chi connectivity index (χ1v) is 13.5. The van der Waals surface area contributed by atoms with Crippen LogP contribution >= 0.6 is 0 Å². The van der Waals surface area contributed by atoms with E-state index in [1.807, 2.05) is 0 Å². The molecular weight excluding hydrogens is 478 g/mol. The average molecular weight is 500 g/mol. The number of hydrogen-bond acceptors (Lipinski definition) is 7. The average Bonchev–Trinajstić information content (AvgIpc) is 3.26. The van der Waals surface area contributed by atoms with Crippen molar-refractivity contribution >= 4 is 35.8 Å². The summed E-state index contributed by atoms with van der Waals surface area (Å²) in [5, 5.41) is 0. The quantitative estimate of drug-likeness (QED) is 0.457. The summed E-state index contributed by atoms with van der Waals surface area (Å²) in [5.41, 5.74) is 0.0239. The minimum absolute atomic E-state index is 0.0239. The maximum Gasteiger partial charge on any atom is 0.261 e. The van der Waals surface area contributed by atoms with Gasteiger partial charge in [0, 0.05) is 14.1 Å². The number of rotatable bonds is 9. The van der Waals surface area contributed by atoms with Crippen LogP contribution in [0.15, 0.2) is 86.0 Å². The zero-order valence-electron chi connectivity index (χ0n) is 17.1. The molecular formula is C19H21N3O7S3. The molecule has 0 aliphatic carbocycles. The molecule has 3 aromatic rings. The molecule has 2 aromatic carbocycles. The third kappa shape index (κ3) is 5.37. The van der Waals surface area contributed by atoms with Crippen LogP contribution < -0.4 is 9.44 Å². The van der Waals surface area contributed by atoms with E-state index >= 15 is 0 Å². The lowest BCUT2D eigenvalue weighted by atomic mass is 10.3. The fourth-order valence-corrected chi connectivity index (χ4v) is 5.59. The lowest BCUT2D eigenvalue weighted by Gasteiger charge is -2.13.